The number of hydrogen-bond acceptors (Lipinski definition) is 6. The van der Waals surface area contributed by atoms with Crippen LogP contribution in [0.4, 0.5) is 5.82 Å². The maximum absolute atomic E-state index is 12.5. The van der Waals surface area contributed by atoms with Gasteiger partial charge in [-0.2, -0.15) is 5.10 Å². The van der Waals surface area contributed by atoms with Crippen molar-refractivity contribution in [1.29, 1.82) is 0 Å². The minimum Gasteiger partial charge on any atom is -0.478 e. The second-order valence-electron chi connectivity index (χ2n) is 5.62. The van der Waals surface area contributed by atoms with Crippen molar-refractivity contribution in [2.24, 2.45) is 0 Å². The van der Waals surface area contributed by atoms with Crippen molar-refractivity contribution < 1.29 is 9.53 Å². The lowest BCUT2D eigenvalue weighted by Gasteiger charge is -2.25. The quantitative estimate of drug-likeness (QED) is 0.753. The van der Waals surface area contributed by atoms with Crippen LogP contribution in [0.2, 0.25) is 5.02 Å². The van der Waals surface area contributed by atoms with Gasteiger partial charge in [-0.05, 0) is 38.1 Å². The summed E-state index contributed by atoms with van der Waals surface area (Å²) in [5.74, 6) is 0.999. The zero-order chi connectivity index (χ0) is 17.9. The van der Waals surface area contributed by atoms with Crippen LogP contribution in [-0.4, -0.2) is 36.2 Å². The van der Waals surface area contributed by atoms with E-state index in [-0.39, 0.29) is 5.91 Å². The molecule has 2 heterocycles. The number of amides is 1. The van der Waals surface area contributed by atoms with Crippen LogP contribution in [0.1, 0.15) is 13.8 Å². The summed E-state index contributed by atoms with van der Waals surface area (Å²) in [6, 6.07) is 8.38. The Hall–Kier alpha value is -3.00. The van der Waals surface area contributed by atoms with Gasteiger partial charge in [0.15, 0.2) is 11.4 Å². The first kappa shape index (κ1) is 16.8. The largest absolute Gasteiger partial charge is 0.478 e. The Kier molecular flexibility index (Phi) is 4.62. The molecule has 0 spiro atoms. The van der Waals surface area contributed by atoms with E-state index >= 15 is 0 Å². The average Bonchev–Trinajstić information content (AvgIpc) is 3.11. The summed E-state index contributed by atoms with van der Waals surface area (Å²) in [6.07, 6.45) is 4.23. The fraction of sp³-hybridized carbons (Fsp3) is 0.188. The number of hydrogen-bond donors (Lipinski definition) is 1. The van der Waals surface area contributed by atoms with Crippen LogP contribution in [0.5, 0.6) is 5.75 Å². The number of carbonyl (C=O) groups is 1. The Labute approximate surface area is 148 Å². The summed E-state index contributed by atoms with van der Waals surface area (Å²) in [7, 11) is 0. The molecule has 0 fully saturated rings. The molecule has 0 aliphatic carbocycles. The molecule has 0 saturated carbocycles. The van der Waals surface area contributed by atoms with E-state index < -0.39 is 5.60 Å². The number of nitrogens with one attached hydrogen (secondary N) is 1. The molecule has 25 heavy (non-hydrogen) atoms. The Morgan fingerprint density at radius 1 is 1.20 bits per heavy atom. The number of anilines is 1. The summed E-state index contributed by atoms with van der Waals surface area (Å²) >= 11 is 5.85. The molecule has 0 saturated heterocycles. The van der Waals surface area contributed by atoms with Crippen LogP contribution in [0.3, 0.4) is 0 Å². The van der Waals surface area contributed by atoms with Crippen LogP contribution in [0.15, 0.2) is 49.3 Å². The van der Waals surface area contributed by atoms with E-state index in [1.165, 1.54) is 23.7 Å². The molecule has 1 amide bonds. The maximum Gasteiger partial charge on any atom is 0.269 e. The molecule has 0 aliphatic rings. The average molecular weight is 359 g/mol. The molecule has 3 rings (SSSR count). The van der Waals surface area contributed by atoms with Crippen LogP contribution in [0, 0.1) is 0 Å². The van der Waals surface area contributed by atoms with Gasteiger partial charge < -0.3 is 10.1 Å². The topological polar surface area (TPSA) is 94.8 Å². The van der Waals surface area contributed by atoms with Gasteiger partial charge in [0.1, 0.15) is 30.5 Å². The lowest BCUT2D eigenvalue weighted by molar-refractivity contribution is -0.128. The lowest BCUT2D eigenvalue weighted by Crippen LogP contribution is -2.42. The smallest absolute Gasteiger partial charge is 0.269 e. The number of ether oxygens (including phenoxy) is 1. The highest BCUT2D eigenvalue weighted by Gasteiger charge is 2.30. The number of carbonyl (C=O) groups excluding carboxylic acids is 1. The van der Waals surface area contributed by atoms with E-state index in [4.69, 9.17) is 16.3 Å². The van der Waals surface area contributed by atoms with Crippen molar-refractivity contribution in [1.82, 2.24) is 24.7 Å². The SMILES string of the molecule is CC(C)(Oc1ccc(Cl)cc1)C(=O)Nc1cc(-n2cncn2)ncn1. The molecular formula is C16H15ClN6O2. The highest BCUT2D eigenvalue weighted by molar-refractivity contribution is 6.30. The zero-order valence-electron chi connectivity index (χ0n) is 13.5. The maximum atomic E-state index is 12.5. The lowest BCUT2D eigenvalue weighted by atomic mass is 10.1. The van der Waals surface area contributed by atoms with Crippen molar-refractivity contribution in [2.45, 2.75) is 19.4 Å². The molecule has 1 N–H and O–H groups in total. The molecule has 0 aliphatic heterocycles. The molecule has 9 heteroatoms. The summed E-state index contributed by atoms with van der Waals surface area (Å²) in [4.78, 5) is 24.5. The van der Waals surface area contributed by atoms with E-state index in [2.05, 4.69) is 25.4 Å². The Morgan fingerprint density at radius 3 is 2.64 bits per heavy atom. The second-order valence-corrected chi connectivity index (χ2v) is 6.06. The van der Waals surface area contributed by atoms with Gasteiger partial charge in [0.05, 0.1) is 0 Å². The van der Waals surface area contributed by atoms with Gasteiger partial charge in [-0.25, -0.2) is 19.6 Å². The van der Waals surface area contributed by atoms with Crippen molar-refractivity contribution in [3.8, 4) is 11.6 Å². The number of halogens is 1. The predicted octanol–water partition coefficient (Wildman–Crippen LogP) is 2.51. The van der Waals surface area contributed by atoms with Crippen molar-refractivity contribution in [3.63, 3.8) is 0 Å². The van der Waals surface area contributed by atoms with Gasteiger partial charge in [-0.1, -0.05) is 11.6 Å². The third kappa shape index (κ3) is 4.10. The van der Waals surface area contributed by atoms with Gasteiger partial charge in [0.2, 0.25) is 0 Å². The van der Waals surface area contributed by atoms with Gasteiger partial charge in [0.25, 0.3) is 5.91 Å². The molecule has 3 aromatic rings. The van der Waals surface area contributed by atoms with E-state index in [0.29, 0.717) is 22.4 Å². The molecule has 0 bridgehead atoms. The number of benzene rings is 1. The fourth-order valence-corrected chi connectivity index (χ4v) is 2.10. The highest BCUT2D eigenvalue weighted by atomic mass is 35.5. The van der Waals surface area contributed by atoms with Gasteiger partial charge >= 0.3 is 0 Å². The van der Waals surface area contributed by atoms with Crippen LogP contribution in [0.25, 0.3) is 5.82 Å². The number of rotatable bonds is 5. The molecule has 0 radical (unpaired) electrons. The number of nitrogens with zero attached hydrogens (tertiary/aromatic N) is 5. The molecule has 8 nitrogen and oxygen atoms in total. The Balaban J connectivity index is 1.72. The van der Waals surface area contributed by atoms with Crippen molar-refractivity contribution in [2.75, 3.05) is 5.32 Å². The first-order chi connectivity index (χ1) is 11.9. The Bertz CT molecular complexity index is 865. The monoisotopic (exact) mass is 358 g/mol. The summed E-state index contributed by atoms with van der Waals surface area (Å²) in [5, 5.41) is 7.29. The fourth-order valence-electron chi connectivity index (χ4n) is 1.98. The Morgan fingerprint density at radius 2 is 1.96 bits per heavy atom. The van der Waals surface area contributed by atoms with E-state index in [9.17, 15) is 4.79 Å². The van der Waals surface area contributed by atoms with E-state index in [0.717, 1.165) is 0 Å². The third-order valence-electron chi connectivity index (χ3n) is 3.28. The van der Waals surface area contributed by atoms with Gasteiger partial charge in [0, 0.05) is 11.1 Å². The van der Waals surface area contributed by atoms with E-state index in [1.807, 2.05) is 0 Å². The third-order valence-corrected chi connectivity index (χ3v) is 3.53. The zero-order valence-corrected chi connectivity index (χ0v) is 14.3. The summed E-state index contributed by atoms with van der Waals surface area (Å²) in [5.41, 5.74) is -1.12. The standard InChI is InChI=1S/C16H15ClN6O2/c1-16(2,25-12-5-3-11(17)4-6-12)15(24)22-13-7-14(20-9-19-13)23-10-18-8-21-23/h3-10H,1-2H3,(H,19,20,22,24). The molecular weight excluding hydrogens is 344 g/mol. The van der Waals surface area contributed by atoms with Crippen molar-refractivity contribution >= 4 is 23.3 Å². The first-order valence-electron chi connectivity index (χ1n) is 7.37. The van der Waals surface area contributed by atoms with Gasteiger partial charge in [-0.15, -0.1) is 0 Å². The van der Waals surface area contributed by atoms with Crippen LogP contribution < -0.4 is 10.1 Å². The van der Waals surface area contributed by atoms with Crippen LogP contribution in [-0.2, 0) is 4.79 Å². The summed E-state index contributed by atoms with van der Waals surface area (Å²) in [6.45, 7) is 3.33. The second kappa shape index (κ2) is 6.86. The first-order valence-corrected chi connectivity index (χ1v) is 7.75. The van der Waals surface area contributed by atoms with Crippen molar-refractivity contribution in [3.05, 3.63) is 54.3 Å². The molecule has 128 valence electrons. The highest BCUT2D eigenvalue weighted by Crippen LogP contribution is 2.22. The number of aromatic nitrogens is 5. The summed E-state index contributed by atoms with van der Waals surface area (Å²) < 4.78 is 7.22. The minimum absolute atomic E-state index is 0.332. The normalized spacial score (nSPS) is 11.2. The van der Waals surface area contributed by atoms with Crippen LogP contribution >= 0.6 is 11.6 Å². The minimum atomic E-state index is -1.12. The van der Waals surface area contributed by atoms with Gasteiger partial charge in [-0.3, -0.25) is 4.79 Å². The molecule has 0 atom stereocenters. The molecule has 2 aromatic heterocycles. The van der Waals surface area contributed by atoms with E-state index in [1.54, 1.807) is 44.2 Å². The predicted molar refractivity (Wildman–Crippen MR) is 91.7 cm³/mol. The molecule has 1 aromatic carbocycles. The molecule has 0 unspecified atom stereocenters.